The van der Waals surface area contributed by atoms with E-state index in [1.54, 1.807) is 32.6 Å². The van der Waals surface area contributed by atoms with Gasteiger partial charge >= 0.3 is 11.9 Å². The van der Waals surface area contributed by atoms with Crippen LogP contribution in [0.4, 0.5) is 0 Å². The number of rotatable bonds is 8. The molecule has 0 fully saturated rings. The van der Waals surface area contributed by atoms with Gasteiger partial charge in [0, 0.05) is 34.6 Å². The fraction of sp³-hybridized carbons (Fsp3) is 0.276. The molecule has 0 bridgehead atoms. The second-order valence-electron chi connectivity index (χ2n) is 8.56. The van der Waals surface area contributed by atoms with E-state index in [0.29, 0.717) is 34.0 Å². The van der Waals surface area contributed by atoms with Crippen LogP contribution in [0.2, 0.25) is 0 Å². The van der Waals surface area contributed by atoms with Crippen LogP contribution in [-0.4, -0.2) is 42.0 Å². The molecule has 8 heteroatoms. The van der Waals surface area contributed by atoms with Gasteiger partial charge in [-0.15, -0.1) is 0 Å². The van der Waals surface area contributed by atoms with Crippen LogP contribution in [0.3, 0.4) is 0 Å². The van der Waals surface area contributed by atoms with Crippen molar-refractivity contribution in [3.05, 3.63) is 89.9 Å². The van der Waals surface area contributed by atoms with E-state index in [9.17, 15) is 9.59 Å². The van der Waals surface area contributed by atoms with Crippen molar-refractivity contribution in [1.29, 1.82) is 0 Å². The number of aromatic nitrogens is 2. The molecule has 1 aliphatic heterocycles. The summed E-state index contributed by atoms with van der Waals surface area (Å²) in [6, 6.07) is 17.1. The van der Waals surface area contributed by atoms with E-state index in [4.69, 9.17) is 19.3 Å². The fourth-order valence-electron chi connectivity index (χ4n) is 4.62. The van der Waals surface area contributed by atoms with Crippen molar-refractivity contribution in [2.75, 3.05) is 20.3 Å². The molecule has 2 heterocycles. The third-order valence-corrected chi connectivity index (χ3v) is 6.27. The van der Waals surface area contributed by atoms with Crippen molar-refractivity contribution in [2.45, 2.75) is 26.7 Å². The van der Waals surface area contributed by atoms with Gasteiger partial charge in [0.25, 0.3) is 0 Å². The van der Waals surface area contributed by atoms with Crippen molar-refractivity contribution in [1.82, 2.24) is 15.1 Å². The lowest BCUT2D eigenvalue weighted by molar-refractivity contribution is -0.147. The number of ether oxygens (including phenoxy) is 3. The maximum atomic E-state index is 13.3. The summed E-state index contributed by atoms with van der Waals surface area (Å²) in [5.41, 5.74) is 4.30. The number of nitrogens with zero attached hydrogens (tertiary/aromatic N) is 2. The highest BCUT2D eigenvalue weighted by Crippen LogP contribution is 2.45. The third-order valence-electron chi connectivity index (χ3n) is 6.27. The molecule has 0 spiro atoms. The lowest BCUT2D eigenvalue weighted by Crippen LogP contribution is -2.39. The Hall–Kier alpha value is -4.33. The fourth-order valence-corrected chi connectivity index (χ4v) is 4.62. The SMILES string of the molecule is C=C1NC(C)=C(C(=O)OCC)C(c2cn(-c3ccccc3)nc2-c2ccc(OC)cc2)C1C(=O)OCC. The molecule has 1 aromatic heterocycles. The summed E-state index contributed by atoms with van der Waals surface area (Å²) < 4.78 is 17.9. The predicted molar refractivity (Wildman–Crippen MR) is 140 cm³/mol. The van der Waals surface area contributed by atoms with Crippen LogP contribution in [0.5, 0.6) is 5.75 Å². The Kier molecular flexibility index (Phi) is 7.77. The normalized spacial score (nSPS) is 17.2. The highest BCUT2D eigenvalue weighted by Gasteiger charge is 2.45. The van der Waals surface area contributed by atoms with Gasteiger partial charge < -0.3 is 19.5 Å². The lowest BCUT2D eigenvalue weighted by atomic mass is 9.75. The van der Waals surface area contributed by atoms with Crippen molar-refractivity contribution < 1.29 is 23.8 Å². The highest BCUT2D eigenvalue weighted by atomic mass is 16.5. The standard InChI is InChI=1S/C29H31N3O5/c1-6-36-28(33)24-18(3)30-19(4)25(29(34)37-7-2)26(24)23-17-32(21-11-9-8-10-12-21)31-27(23)20-13-15-22(35-5)16-14-20/h8-17,24,26,30H,3,6-7H2,1-2,4-5H3. The number of hydrogen-bond donors (Lipinski definition) is 1. The summed E-state index contributed by atoms with van der Waals surface area (Å²) in [5.74, 6) is -1.88. The molecule has 2 atom stereocenters. The number of allylic oxidation sites excluding steroid dienone is 1. The molecule has 2 aromatic carbocycles. The molecule has 8 nitrogen and oxygen atoms in total. The molecule has 0 saturated carbocycles. The van der Waals surface area contributed by atoms with Gasteiger partial charge in [0.15, 0.2) is 0 Å². The second kappa shape index (κ2) is 11.2. The van der Waals surface area contributed by atoms with Crippen molar-refractivity contribution in [3.63, 3.8) is 0 Å². The van der Waals surface area contributed by atoms with E-state index in [1.807, 2.05) is 60.8 Å². The first kappa shape index (κ1) is 25.8. The molecule has 4 rings (SSSR count). The number of carbonyl (C=O) groups is 2. The molecule has 0 saturated heterocycles. The molecule has 0 aliphatic carbocycles. The van der Waals surface area contributed by atoms with Gasteiger partial charge in [-0.3, -0.25) is 4.79 Å². The maximum absolute atomic E-state index is 13.3. The van der Waals surface area contributed by atoms with Crippen molar-refractivity contribution in [3.8, 4) is 22.7 Å². The Morgan fingerprint density at radius 1 is 1.03 bits per heavy atom. The number of carbonyl (C=O) groups excluding carboxylic acids is 2. The molecule has 0 radical (unpaired) electrons. The van der Waals surface area contributed by atoms with Gasteiger partial charge in [0.05, 0.1) is 37.3 Å². The largest absolute Gasteiger partial charge is 0.497 e. The average Bonchev–Trinajstić information content (AvgIpc) is 3.34. The minimum atomic E-state index is -0.867. The Morgan fingerprint density at radius 3 is 2.32 bits per heavy atom. The summed E-state index contributed by atoms with van der Waals surface area (Å²) in [6.07, 6.45) is 1.86. The molecule has 37 heavy (non-hydrogen) atoms. The van der Waals surface area contributed by atoms with E-state index in [1.165, 1.54) is 0 Å². The second-order valence-corrected chi connectivity index (χ2v) is 8.56. The topological polar surface area (TPSA) is 91.7 Å². The number of esters is 2. The number of benzene rings is 2. The maximum Gasteiger partial charge on any atom is 0.336 e. The van der Waals surface area contributed by atoms with Crippen LogP contribution in [0.1, 0.15) is 32.3 Å². The number of methoxy groups -OCH3 is 1. The first-order valence-corrected chi connectivity index (χ1v) is 12.2. The Labute approximate surface area is 216 Å². The van der Waals surface area contributed by atoms with Gasteiger partial charge in [0.2, 0.25) is 0 Å². The quantitative estimate of drug-likeness (QED) is 0.445. The predicted octanol–water partition coefficient (Wildman–Crippen LogP) is 4.76. The van der Waals surface area contributed by atoms with E-state index in [-0.39, 0.29) is 13.2 Å². The summed E-state index contributed by atoms with van der Waals surface area (Å²) in [5, 5.41) is 8.02. The van der Waals surface area contributed by atoms with Crippen LogP contribution in [0.25, 0.3) is 16.9 Å². The number of hydrogen-bond acceptors (Lipinski definition) is 7. The first-order chi connectivity index (χ1) is 17.9. The van der Waals surface area contributed by atoms with E-state index >= 15 is 0 Å². The molecule has 1 aliphatic rings. The zero-order chi connectivity index (χ0) is 26.5. The Balaban J connectivity index is 1.99. The van der Waals surface area contributed by atoms with Gasteiger partial charge in [0.1, 0.15) is 11.7 Å². The third kappa shape index (κ3) is 5.14. The molecule has 0 amide bonds. The van der Waals surface area contributed by atoms with E-state index in [2.05, 4.69) is 11.9 Å². The van der Waals surface area contributed by atoms with Crippen molar-refractivity contribution >= 4 is 11.9 Å². The molecule has 192 valence electrons. The zero-order valence-corrected chi connectivity index (χ0v) is 21.5. The molecule has 3 aromatic rings. The first-order valence-electron chi connectivity index (χ1n) is 12.2. The lowest BCUT2D eigenvalue weighted by Gasteiger charge is -2.34. The summed E-state index contributed by atoms with van der Waals surface area (Å²) in [6.45, 7) is 9.78. The van der Waals surface area contributed by atoms with E-state index < -0.39 is 23.8 Å². The van der Waals surface area contributed by atoms with Crippen LogP contribution in [0.15, 0.2) is 84.3 Å². The Morgan fingerprint density at radius 2 is 1.70 bits per heavy atom. The monoisotopic (exact) mass is 501 g/mol. The average molecular weight is 502 g/mol. The molecule has 1 N–H and O–H groups in total. The van der Waals surface area contributed by atoms with E-state index in [0.717, 1.165) is 11.3 Å². The Bertz CT molecular complexity index is 1330. The van der Waals surface area contributed by atoms with Gasteiger partial charge in [-0.2, -0.15) is 5.10 Å². The summed E-state index contributed by atoms with van der Waals surface area (Å²) in [4.78, 5) is 26.6. The van der Waals surface area contributed by atoms with Gasteiger partial charge in [-0.25, -0.2) is 9.48 Å². The molecule has 2 unspecified atom stereocenters. The van der Waals surface area contributed by atoms with Crippen LogP contribution in [-0.2, 0) is 19.1 Å². The number of nitrogens with one attached hydrogen (secondary N) is 1. The van der Waals surface area contributed by atoms with Gasteiger partial charge in [-0.05, 0) is 57.2 Å². The highest BCUT2D eigenvalue weighted by molar-refractivity contribution is 5.95. The summed E-state index contributed by atoms with van der Waals surface area (Å²) >= 11 is 0. The van der Waals surface area contributed by atoms with Gasteiger partial charge in [-0.1, -0.05) is 24.8 Å². The van der Waals surface area contributed by atoms with Crippen LogP contribution in [0, 0.1) is 5.92 Å². The van der Waals surface area contributed by atoms with Crippen molar-refractivity contribution in [2.24, 2.45) is 5.92 Å². The molecular weight excluding hydrogens is 470 g/mol. The van der Waals surface area contributed by atoms with Crippen LogP contribution < -0.4 is 10.1 Å². The minimum Gasteiger partial charge on any atom is -0.497 e. The zero-order valence-electron chi connectivity index (χ0n) is 21.5. The summed E-state index contributed by atoms with van der Waals surface area (Å²) in [7, 11) is 1.61. The minimum absolute atomic E-state index is 0.196. The molecular formula is C29H31N3O5. The number of para-hydroxylation sites is 1. The van der Waals surface area contributed by atoms with Crippen LogP contribution >= 0.6 is 0 Å². The smallest absolute Gasteiger partial charge is 0.336 e.